The molecule has 1 aromatic carbocycles. The number of hydrogen-bond acceptors (Lipinski definition) is 3. The third-order valence-electron chi connectivity index (χ3n) is 2.87. The first-order chi connectivity index (χ1) is 8.28. The van der Waals surface area contributed by atoms with Gasteiger partial charge in [0.05, 0.1) is 23.1 Å². The quantitative estimate of drug-likeness (QED) is 0.703. The summed E-state index contributed by atoms with van der Waals surface area (Å²) in [5.74, 6) is 0.499. The molecule has 2 aromatic heterocycles. The van der Waals surface area contributed by atoms with E-state index in [1.165, 1.54) is 0 Å². The number of aryl methyl sites for hydroxylation is 1. The topological polar surface area (TPSA) is 72.5 Å². The van der Waals surface area contributed by atoms with Crippen LogP contribution in [-0.4, -0.2) is 19.7 Å². The maximum Gasteiger partial charge on any atom is 0.145 e. The van der Waals surface area contributed by atoms with Crippen LogP contribution in [0.3, 0.4) is 0 Å². The lowest BCUT2D eigenvalue weighted by molar-refractivity contribution is 0.787. The van der Waals surface area contributed by atoms with Gasteiger partial charge in [-0.2, -0.15) is 5.10 Å². The van der Waals surface area contributed by atoms with E-state index in [-0.39, 0.29) is 0 Å². The molecule has 0 fully saturated rings. The Morgan fingerprint density at radius 1 is 1.35 bits per heavy atom. The monoisotopic (exact) mass is 227 g/mol. The van der Waals surface area contributed by atoms with Crippen molar-refractivity contribution in [3.05, 3.63) is 30.6 Å². The van der Waals surface area contributed by atoms with Crippen LogP contribution >= 0.6 is 0 Å². The summed E-state index contributed by atoms with van der Waals surface area (Å²) in [5.41, 5.74) is 9.68. The number of aromatic amines is 1. The molecule has 0 amide bonds. The largest absolute Gasteiger partial charge is 0.382 e. The molecule has 3 rings (SSSR count). The molecule has 0 saturated heterocycles. The van der Waals surface area contributed by atoms with Gasteiger partial charge in [-0.25, -0.2) is 4.98 Å². The predicted molar refractivity (Wildman–Crippen MR) is 67.4 cm³/mol. The van der Waals surface area contributed by atoms with Crippen LogP contribution in [-0.2, 0) is 6.54 Å². The average molecular weight is 227 g/mol. The van der Waals surface area contributed by atoms with E-state index in [0.717, 1.165) is 28.8 Å². The third-order valence-corrected chi connectivity index (χ3v) is 2.87. The number of fused-ring (bicyclic) bond motifs is 1. The number of rotatable bonds is 2. The minimum Gasteiger partial charge on any atom is -0.382 e. The van der Waals surface area contributed by atoms with Gasteiger partial charge in [0.15, 0.2) is 0 Å². The van der Waals surface area contributed by atoms with Crippen molar-refractivity contribution in [1.82, 2.24) is 19.7 Å². The zero-order valence-corrected chi connectivity index (χ0v) is 9.51. The Kier molecular flexibility index (Phi) is 2.11. The van der Waals surface area contributed by atoms with Gasteiger partial charge in [-0.15, -0.1) is 0 Å². The van der Waals surface area contributed by atoms with E-state index >= 15 is 0 Å². The molecule has 0 radical (unpaired) electrons. The number of nitrogen functional groups attached to an aromatic ring is 1. The van der Waals surface area contributed by atoms with Gasteiger partial charge in [0.2, 0.25) is 0 Å². The Bertz CT molecular complexity index is 664. The summed E-state index contributed by atoms with van der Waals surface area (Å²) in [6.07, 6.45) is 1.86. The van der Waals surface area contributed by atoms with Crippen LogP contribution in [0.15, 0.2) is 30.6 Å². The SMILES string of the molecule is CCn1cnc2cc(-c3cc(N)n[nH]3)ccc21. The van der Waals surface area contributed by atoms with E-state index in [2.05, 4.69) is 32.7 Å². The lowest BCUT2D eigenvalue weighted by Gasteiger charge is -2.00. The molecule has 0 spiro atoms. The van der Waals surface area contributed by atoms with E-state index in [1.807, 2.05) is 24.5 Å². The first-order valence-electron chi connectivity index (χ1n) is 5.54. The van der Waals surface area contributed by atoms with Gasteiger partial charge in [0.25, 0.3) is 0 Å². The number of imidazole rings is 1. The molecule has 3 N–H and O–H groups in total. The van der Waals surface area contributed by atoms with E-state index in [1.54, 1.807) is 0 Å². The summed E-state index contributed by atoms with van der Waals surface area (Å²) >= 11 is 0. The summed E-state index contributed by atoms with van der Waals surface area (Å²) in [6.45, 7) is 3.03. The molecule has 2 heterocycles. The minimum atomic E-state index is 0.499. The molecule has 0 atom stereocenters. The number of aromatic nitrogens is 4. The molecule has 86 valence electrons. The highest BCUT2D eigenvalue weighted by molar-refractivity contribution is 5.81. The lowest BCUT2D eigenvalue weighted by Crippen LogP contribution is -1.90. The fraction of sp³-hybridized carbons (Fsp3) is 0.167. The standard InChI is InChI=1S/C12H13N5/c1-2-17-7-14-10-5-8(3-4-11(10)17)9-6-12(13)16-15-9/h3-7H,2H2,1H3,(H3,13,15,16). The van der Waals surface area contributed by atoms with Gasteiger partial charge in [-0.3, -0.25) is 5.10 Å². The van der Waals surface area contributed by atoms with Crippen molar-refractivity contribution in [3.63, 3.8) is 0 Å². The maximum atomic E-state index is 5.59. The highest BCUT2D eigenvalue weighted by atomic mass is 15.2. The molecule has 0 unspecified atom stereocenters. The Morgan fingerprint density at radius 3 is 2.94 bits per heavy atom. The van der Waals surface area contributed by atoms with Crippen molar-refractivity contribution in [2.24, 2.45) is 0 Å². The second kappa shape index (κ2) is 3.62. The van der Waals surface area contributed by atoms with Crippen LogP contribution in [0.25, 0.3) is 22.3 Å². The molecule has 0 aliphatic heterocycles. The summed E-state index contributed by atoms with van der Waals surface area (Å²) in [6, 6.07) is 7.97. The highest BCUT2D eigenvalue weighted by Gasteiger charge is 2.05. The first kappa shape index (κ1) is 9.89. The Morgan fingerprint density at radius 2 is 2.24 bits per heavy atom. The number of nitrogens with one attached hydrogen (secondary N) is 1. The molecular weight excluding hydrogens is 214 g/mol. The Hall–Kier alpha value is -2.30. The van der Waals surface area contributed by atoms with Crippen molar-refractivity contribution in [3.8, 4) is 11.3 Å². The first-order valence-corrected chi connectivity index (χ1v) is 5.54. The highest BCUT2D eigenvalue weighted by Crippen LogP contribution is 2.23. The van der Waals surface area contributed by atoms with Gasteiger partial charge >= 0.3 is 0 Å². The summed E-state index contributed by atoms with van der Waals surface area (Å²) in [5, 5.41) is 6.82. The maximum absolute atomic E-state index is 5.59. The van der Waals surface area contributed by atoms with E-state index in [9.17, 15) is 0 Å². The second-order valence-corrected chi connectivity index (χ2v) is 3.94. The van der Waals surface area contributed by atoms with E-state index < -0.39 is 0 Å². The van der Waals surface area contributed by atoms with Crippen molar-refractivity contribution < 1.29 is 0 Å². The van der Waals surface area contributed by atoms with Crippen LogP contribution in [0.4, 0.5) is 5.82 Å². The zero-order chi connectivity index (χ0) is 11.8. The molecule has 5 nitrogen and oxygen atoms in total. The molecule has 0 bridgehead atoms. The lowest BCUT2D eigenvalue weighted by atomic mass is 10.1. The number of H-pyrrole nitrogens is 1. The summed E-state index contributed by atoms with van der Waals surface area (Å²) < 4.78 is 2.11. The number of nitrogens with two attached hydrogens (primary N) is 1. The van der Waals surface area contributed by atoms with Crippen molar-refractivity contribution >= 4 is 16.9 Å². The fourth-order valence-corrected chi connectivity index (χ4v) is 1.97. The van der Waals surface area contributed by atoms with Gasteiger partial charge in [0, 0.05) is 18.2 Å². The predicted octanol–water partition coefficient (Wildman–Crippen LogP) is 2.03. The van der Waals surface area contributed by atoms with Crippen LogP contribution in [0.5, 0.6) is 0 Å². The molecule has 3 aromatic rings. The van der Waals surface area contributed by atoms with Crippen LogP contribution in [0, 0.1) is 0 Å². The van der Waals surface area contributed by atoms with E-state index in [4.69, 9.17) is 5.73 Å². The van der Waals surface area contributed by atoms with Crippen molar-refractivity contribution in [1.29, 1.82) is 0 Å². The van der Waals surface area contributed by atoms with Gasteiger partial charge < -0.3 is 10.3 Å². The second-order valence-electron chi connectivity index (χ2n) is 3.94. The number of benzene rings is 1. The molecule has 0 aliphatic carbocycles. The zero-order valence-electron chi connectivity index (χ0n) is 9.51. The summed E-state index contributed by atoms with van der Waals surface area (Å²) in [7, 11) is 0. The number of anilines is 1. The Balaban J connectivity index is 2.14. The number of nitrogens with zero attached hydrogens (tertiary/aromatic N) is 3. The molecule has 5 heteroatoms. The Labute approximate surface area is 98.3 Å². The van der Waals surface area contributed by atoms with Gasteiger partial charge in [-0.1, -0.05) is 6.07 Å². The van der Waals surface area contributed by atoms with Crippen LogP contribution in [0.1, 0.15) is 6.92 Å². The smallest absolute Gasteiger partial charge is 0.145 e. The third kappa shape index (κ3) is 1.56. The molecular formula is C12H13N5. The number of hydrogen-bond donors (Lipinski definition) is 2. The van der Waals surface area contributed by atoms with Crippen molar-refractivity contribution in [2.45, 2.75) is 13.5 Å². The molecule has 0 saturated carbocycles. The van der Waals surface area contributed by atoms with Crippen LogP contribution in [0.2, 0.25) is 0 Å². The van der Waals surface area contributed by atoms with Gasteiger partial charge in [0.1, 0.15) is 5.82 Å². The fourth-order valence-electron chi connectivity index (χ4n) is 1.97. The molecule has 0 aliphatic rings. The summed E-state index contributed by atoms with van der Waals surface area (Å²) in [4.78, 5) is 4.38. The van der Waals surface area contributed by atoms with Crippen molar-refractivity contribution in [2.75, 3.05) is 5.73 Å². The minimum absolute atomic E-state index is 0.499. The van der Waals surface area contributed by atoms with E-state index in [0.29, 0.717) is 5.82 Å². The molecule has 17 heavy (non-hydrogen) atoms. The average Bonchev–Trinajstić information content (AvgIpc) is 2.94. The normalized spacial score (nSPS) is 11.1. The van der Waals surface area contributed by atoms with Crippen LogP contribution < -0.4 is 5.73 Å². The van der Waals surface area contributed by atoms with Gasteiger partial charge in [-0.05, 0) is 19.1 Å².